The van der Waals surface area contributed by atoms with Crippen LogP contribution in [-0.2, 0) is 10.8 Å². The number of rotatable bonds is 5. The maximum absolute atomic E-state index is 10.8. The molecule has 5 heteroatoms. The first-order valence-electron chi connectivity index (χ1n) is 4.85. The monoisotopic (exact) mass is 227 g/mol. The summed E-state index contributed by atoms with van der Waals surface area (Å²) in [4.78, 5) is 4.19. The van der Waals surface area contributed by atoms with Crippen molar-refractivity contribution in [1.82, 2.24) is 4.98 Å². The number of hydrogen-bond acceptors (Lipinski definition) is 4. The number of nitrogens with zero attached hydrogens (tertiary/aromatic N) is 1. The Bertz CT molecular complexity index is 355. The highest BCUT2D eigenvalue weighted by atomic mass is 32.2. The first-order valence-corrected chi connectivity index (χ1v) is 6.58. The lowest BCUT2D eigenvalue weighted by atomic mass is 10.2. The molecular formula is C10H17N3OS. The molecule has 0 aliphatic carbocycles. The third-order valence-corrected chi connectivity index (χ3v) is 2.92. The molecule has 0 saturated carbocycles. The van der Waals surface area contributed by atoms with Crippen LogP contribution in [0.2, 0.25) is 0 Å². The predicted octanol–water partition coefficient (Wildman–Crippen LogP) is 1.15. The molecule has 0 saturated heterocycles. The van der Waals surface area contributed by atoms with E-state index in [2.05, 4.69) is 10.3 Å². The summed E-state index contributed by atoms with van der Waals surface area (Å²) < 4.78 is 10.8. The molecule has 0 fully saturated rings. The van der Waals surface area contributed by atoms with Crippen molar-refractivity contribution < 1.29 is 4.21 Å². The molecule has 15 heavy (non-hydrogen) atoms. The van der Waals surface area contributed by atoms with Crippen LogP contribution in [0, 0.1) is 6.92 Å². The molecule has 0 spiro atoms. The molecule has 1 unspecified atom stereocenters. The Morgan fingerprint density at radius 3 is 2.93 bits per heavy atom. The maximum atomic E-state index is 10.8. The summed E-state index contributed by atoms with van der Waals surface area (Å²) in [6.07, 6.45) is 4.33. The van der Waals surface area contributed by atoms with Gasteiger partial charge in [0.15, 0.2) is 0 Å². The van der Waals surface area contributed by atoms with Crippen molar-refractivity contribution in [3.05, 3.63) is 17.8 Å². The Kier molecular flexibility index (Phi) is 4.55. The predicted molar refractivity (Wildman–Crippen MR) is 65.4 cm³/mol. The highest BCUT2D eigenvalue weighted by molar-refractivity contribution is 7.84. The zero-order chi connectivity index (χ0) is 11.3. The van der Waals surface area contributed by atoms with Crippen LogP contribution in [0.15, 0.2) is 12.3 Å². The van der Waals surface area contributed by atoms with Gasteiger partial charge < -0.3 is 11.1 Å². The van der Waals surface area contributed by atoms with Crippen LogP contribution >= 0.6 is 0 Å². The Hall–Kier alpha value is -1.10. The normalized spacial score (nSPS) is 12.4. The molecule has 1 rings (SSSR count). The Balaban J connectivity index is 2.38. The van der Waals surface area contributed by atoms with Crippen LogP contribution in [0.25, 0.3) is 0 Å². The van der Waals surface area contributed by atoms with Crippen molar-refractivity contribution in [2.75, 3.05) is 29.6 Å². The summed E-state index contributed by atoms with van der Waals surface area (Å²) in [7, 11) is -0.717. The van der Waals surface area contributed by atoms with Crippen molar-refractivity contribution in [2.45, 2.75) is 13.3 Å². The summed E-state index contributed by atoms with van der Waals surface area (Å²) in [5.74, 6) is 1.49. The molecule has 3 N–H and O–H groups in total. The van der Waals surface area contributed by atoms with Crippen LogP contribution in [-0.4, -0.2) is 27.7 Å². The van der Waals surface area contributed by atoms with E-state index < -0.39 is 10.8 Å². The molecule has 0 aromatic carbocycles. The van der Waals surface area contributed by atoms with Crippen LogP contribution in [0.3, 0.4) is 0 Å². The number of nitrogens with one attached hydrogen (secondary N) is 1. The summed E-state index contributed by atoms with van der Waals surface area (Å²) >= 11 is 0. The van der Waals surface area contributed by atoms with Crippen molar-refractivity contribution in [1.29, 1.82) is 0 Å². The Morgan fingerprint density at radius 2 is 2.33 bits per heavy atom. The number of nitrogen functional groups attached to an aromatic ring is 1. The molecule has 0 amide bonds. The minimum Gasteiger partial charge on any atom is -0.398 e. The lowest BCUT2D eigenvalue weighted by molar-refractivity contribution is 0.685. The van der Waals surface area contributed by atoms with Gasteiger partial charge in [-0.1, -0.05) is 0 Å². The van der Waals surface area contributed by atoms with E-state index in [0.717, 1.165) is 30.0 Å². The minimum absolute atomic E-state index is 0.717. The number of aromatic nitrogens is 1. The number of nitrogens with two attached hydrogens (primary N) is 1. The second kappa shape index (κ2) is 5.70. The van der Waals surface area contributed by atoms with Crippen LogP contribution in [0.5, 0.6) is 0 Å². The summed E-state index contributed by atoms with van der Waals surface area (Å²) in [5, 5.41) is 3.14. The molecule has 1 heterocycles. The highest BCUT2D eigenvalue weighted by Gasteiger charge is 1.98. The van der Waals surface area contributed by atoms with Gasteiger partial charge in [0, 0.05) is 47.3 Å². The van der Waals surface area contributed by atoms with E-state index in [9.17, 15) is 4.21 Å². The lowest BCUT2D eigenvalue weighted by Gasteiger charge is -2.06. The average molecular weight is 227 g/mol. The van der Waals surface area contributed by atoms with Gasteiger partial charge in [0.2, 0.25) is 0 Å². The maximum Gasteiger partial charge on any atom is 0.127 e. The van der Waals surface area contributed by atoms with E-state index >= 15 is 0 Å². The third kappa shape index (κ3) is 4.29. The smallest absolute Gasteiger partial charge is 0.127 e. The fraction of sp³-hybridized carbons (Fsp3) is 0.500. The second-order valence-corrected chi connectivity index (χ2v) is 5.04. The minimum atomic E-state index is -0.717. The summed E-state index contributed by atoms with van der Waals surface area (Å²) in [6, 6.07) is 1.82. The van der Waals surface area contributed by atoms with Crippen molar-refractivity contribution >= 4 is 22.3 Å². The zero-order valence-corrected chi connectivity index (χ0v) is 9.93. The van der Waals surface area contributed by atoms with E-state index in [1.807, 2.05) is 13.0 Å². The molecule has 1 atom stereocenters. The van der Waals surface area contributed by atoms with Crippen LogP contribution in [0.1, 0.15) is 12.0 Å². The van der Waals surface area contributed by atoms with Gasteiger partial charge in [0.25, 0.3) is 0 Å². The quantitative estimate of drug-likeness (QED) is 0.741. The molecule has 1 aromatic heterocycles. The molecule has 0 aliphatic rings. The molecule has 1 aromatic rings. The number of anilines is 2. The fourth-order valence-corrected chi connectivity index (χ4v) is 1.68. The molecule has 0 radical (unpaired) electrons. The van der Waals surface area contributed by atoms with Gasteiger partial charge in [-0.25, -0.2) is 4.98 Å². The second-order valence-electron chi connectivity index (χ2n) is 3.48. The standard InChI is InChI=1S/C10H17N3OS/c1-8-7-13-10(6-9(8)11)12-4-3-5-15(2)14/h6-7H,3-5H2,1-2H3,(H3,11,12,13). The highest BCUT2D eigenvalue weighted by Crippen LogP contribution is 2.13. The zero-order valence-electron chi connectivity index (χ0n) is 9.12. The van der Waals surface area contributed by atoms with Gasteiger partial charge in [0.1, 0.15) is 5.82 Å². The van der Waals surface area contributed by atoms with E-state index in [4.69, 9.17) is 5.73 Å². The van der Waals surface area contributed by atoms with Gasteiger partial charge in [0.05, 0.1) is 0 Å². The van der Waals surface area contributed by atoms with Crippen molar-refractivity contribution in [3.8, 4) is 0 Å². The van der Waals surface area contributed by atoms with E-state index in [0.29, 0.717) is 5.75 Å². The van der Waals surface area contributed by atoms with E-state index in [1.165, 1.54) is 0 Å². The lowest BCUT2D eigenvalue weighted by Crippen LogP contribution is -2.07. The third-order valence-electron chi connectivity index (χ3n) is 2.06. The largest absolute Gasteiger partial charge is 0.398 e. The van der Waals surface area contributed by atoms with Gasteiger partial charge in [-0.3, -0.25) is 4.21 Å². The number of aryl methyl sites for hydroxylation is 1. The van der Waals surface area contributed by atoms with Crippen LogP contribution < -0.4 is 11.1 Å². The van der Waals surface area contributed by atoms with Crippen molar-refractivity contribution in [3.63, 3.8) is 0 Å². The van der Waals surface area contributed by atoms with Gasteiger partial charge >= 0.3 is 0 Å². The van der Waals surface area contributed by atoms with Crippen LogP contribution in [0.4, 0.5) is 11.5 Å². The SMILES string of the molecule is Cc1cnc(NCCCS(C)=O)cc1N. The van der Waals surface area contributed by atoms with Crippen molar-refractivity contribution in [2.24, 2.45) is 0 Å². The van der Waals surface area contributed by atoms with E-state index in [1.54, 1.807) is 12.5 Å². The Morgan fingerprint density at radius 1 is 1.60 bits per heavy atom. The average Bonchev–Trinajstić information content (AvgIpc) is 2.18. The first kappa shape index (κ1) is 12.0. The first-order chi connectivity index (χ1) is 7.09. The van der Waals surface area contributed by atoms with E-state index in [-0.39, 0.29) is 0 Å². The molecular weight excluding hydrogens is 210 g/mol. The fourth-order valence-electron chi connectivity index (χ4n) is 1.13. The number of pyridine rings is 1. The van der Waals surface area contributed by atoms with Gasteiger partial charge in [-0.05, 0) is 18.9 Å². The Labute approximate surface area is 92.7 Å². The topological polar surface area (TPSA) is 68.0 Å². The molecule has 4 nitrogen and oxygen atoms in total. The summed E-state index contributed by atoms with van der Waals surface area (Å²) in [6.45, 7) is 2.70. The van der Waals surface area contributed by atoms with Gasteiger partial charge in [-0.2, -0.15) is 0 Å². The summed E-state index contributed by atoms with van der Waals surface area (Å²) in [5.41, 5.74) is 7.47. The number of hydrogen-bond donors (Lipinski definition) is 2. The molecule has 0 aliphatic heterocycles. The molecule has 84 valence electrons. The van der Waals surface area contributed by atoms with Gasteiger partial charge in [-0.15, -0.1) is 0 Å². The molecule has 0 bridgehead atoms.